The Bertz CT molecular complexity index is 1220. The Labute approximate surface area is 189 Å². The summed E-state index contributed by atoms with van der Waals surface area (Å²) in [6, 6.07) is 11.4. The normalized spacial score (nSPS) is 17.2. The Balaban J connectivity index is 1.33. The largest absolute Gasteiger partial charge is 0.354 e. The molecule has 0 atom stereocenters. The number of pyridine rings is 1. The summed E-state index contributed by atoms with van der Waals surface area (Å²) >= 11 is 0. The lowest BCUT2D eigenvalue weighted by molar-refractivity contribution is 0.383. The number of hydrogen-bond acceptors (Lipinski definition) is 6. The van der Waals surface area contributed by atoms with Gasteiger partial charge in [0.15, 0.2) is 5.82 Å². The van der Waals surface area contributed by atoms with Gasteiger partial charge in [-0.1, -0.05) is 6.07 Å². The lowest BCUT2D eigenvalue weighted by Gasteiger charge is -2.35. The van der Waals surface area contributed by atoms with Crippen molar-refractivity contribution in [1.29, 1.82) is 0 Å². The number of nitrogens with zero attached hydrogens (tertiary/aromatic N) is 5. The molecule has 5 rings (SSSR count). The number of fused-ring (bicyclic) bond motifs is 1. The Hall–Kier alpha value is -2.84. The number of anilines is 1. The molecule has 2 aromatic heterocycles. The molecule has 3 aromatic rings. The van der Waals surface area contributed by atoms with E-state index in [2.05, 4.69) is 14.9 Å². The van der Waals surface area contributed by atoms with Gasteiger partial charge in [0.25, 0.3) is 0 Å². The number of rotatable bonds is 4. The zero-order valence-corrected chi connectivity index (χ0v) is 19.1. The second-order valence-corrected chi connectivity index (χ2v) is 10.4. The molecule has 0 spiro atoms. The summed E-state index contributed by atoms with van der Waals surface area (Å²) in [5, 5.41) is 0. The van der Waals surface area contributed by atoms with E-state index in [-0.39, 0.29) is 0 Å². The van der Waals surface area contributed by atoms with Crippen molar-refractivity contribution < 1.29 is 8.42 Å². The zero-order chi connectivity index (χ0) is 22.1. The van der Waals surface area contributed by atoms with Gasteiger partial charge in [-0.15, -0.1) is 0 Å². The van der Waals surface area contributed by atoms with E-state index in [0.717, 1.165) is 36.3 Å². The molecule has 0 bridgehead atoms. The maximum atomic E-state index is 13.3. The van der Waals surface area contributed by atoms with Crippen LogP contribution in [0.3, 0.4) is 0 Å². The molecule has 3 heterocycles. The van der Waals surface area contributed by atoms with Crippen LogP contribution in [0.2, 0.25) is 0 Å². The van der Waals surface area contributed by atoms with E-state index in [0.29, 0.717) is 36.9 Å². The SMILES string of the molecule is Cc1cc(N2CCN(S(=O)(=O)c3ccc4c(c3)CCCC4)CC2)nc(-c2ccncc2)n1. The Kier molecular flexibility index (Phi) is 5.65. The zero-order valence-electron chi connectivity index (χ0n) is 18.2. The van der Waals surface area contributed by atoms with Crippen molar-refractivity contribution in [1.82, 2.24) is 19.3 Å². The van der Waals surface area contributed by atoms with Crippen LogP contribution < -0.4 is 4.90 Å². The molecule has 0 amide bonds. The highest BCUT2D eigenvalue weighted by Gasteiger charge is 2.30. The molecule has 0 radical (unpaired) electrons. The van der Waals surface area contributed by atoms with Gasteiger partial charge in [-0.3, -0.25) is 4.98 Å². The van der Waals surface area contributed by atoms with Crippen LogP contribution in [0.4, 0.5) is 5.82 Å². The predicted octanol–water partition coefficient (Wildman–Crippen LogP) is 3.24. The summed E-state index contributed by atoms with van der Waals surface area (Å²) < 4.78 is 28.2. The molecule has 1 saturated heterocycles. The summed E-state index contributed by atoms with van der Waals surface area (Å²) in [7, 11) is -3.49. The predicted molar refractivity (Wildman–Crippen MR) is 124 cm³/mol. The third-order valence-corrected chi connectivity index (χ3v) is 8.19. The van der Waals surface area contributed by atoms with Crippen molar-refractivity contribution in [2.75, 3.05) is 31.1 Å². The molecule has 1 fully saturated rings. The molecule has 8 heteroatoms. The van der Waals surface area contributed by atoms with Crippen LogP contribution in [-0.4, -0.2) is 53.9 Å². The van der Waals surface area contributed by atoms with Gasteiger partial charge in [-0.2, -0.15) is 4.31 Å². The van der Waals surface area contributed by atoms with E-state index in [4.69, 9.17) is 4.98 Å². The van der Waals surface area contributed by atoms with Crippen LogP contribution >= 0.6 is 0 Å². The van der Waals surface area contributed by atoms with Gasteiger partial charge in [-0.05, 0) is 68.0 Å². The lowest BCUT2D eigenvalue weighted by Crippen LogP contribution is -2.49. The molecule has 0 unspecified atom stereocenters. The quantitative estimate of drug-likeness (QED) is 0.608. The molecule has 1 aliphatic heterocycles. The first-order chi connectivity index (χ1) is 15.5. The fourth-order valence-electron chi connectivity index (χ4n) is 4.52. The van der Waals surface area contributed by atoms with Gasteiger partial charge in [0.05, 0.1) is 4.90 Å². The van der Waals surface area contributed by atoms with Crippen LogP contribution in [0, 0.1) is 6.92 Å². The van der Waals surface area contributed by atoms with Gasteiger partial charge < -0.3 is 4.90 Å². The highest BCUT2D eigenvalue weighted by molar-refractivity contribution is 7.89. The topological polar surface area (TPSA) is 79.3 Å². The molecule has 1 aliphatic carbocycles. The van der Waals surface area contributed by atoms with Crippen molar-refractivity contribution in [3.63, 3.8) is 0 Å². The van der Waals surface area contributed by atoms with Gasteiger partial charge >= 0.3 is 0 Å². The van der Waals surface area contributed by atoms with Crippen LogP contribution in [0.1, 0.15) is 29.7 Å². The monoisotopic (exact) mass is 449 g/mol. The van der Waals surface area contributed by atoms with E-state index in [9.17, 15) is 8.42 Å². The fourth-order valence-corrected chi connectivity index (χ4v) is 5.99. The molecule has 0 saturated carbocycles. The van der Waals surface area contributed by atoms with E-state index < -0.39 is 10.0 Å². The fraction of sp³-hybridized carbons (Fsp3) is 0.375. The van der Waals surface area contributed by atoms with E-state index >= 15 is 0 Å². The van der Waals surface area contributed by atoms with Gasteiger partial charge in [0, 0.05) is 55.9 Å². The first-order valence-electron chi connectivity index (χ1n) is 11.1. The molecular formula is C24H27N5O2S. The van der Waals surface area contributed by atoms with Gasteiger partial charge in [-0.25, -0.2) is 18.4 Å². The Morgan fingerprint density at radius 3 is 2.31 bits per heavy atom. The van der Waals surface area contributed by atoms with Crippen molar-refractivity contribution in [2.24, 2.45) is 0 Å². The summed E-state index contributed by atoms with van der Waals surface area (Å²) in [4.78, 5) is 15.9. The summed E-state index contributed by atoms with van der Waals surface area (Å²) in [5.74, 6) is 1.49. The second kappa shape index (κ2) is 8.60. The van der Waals surface area contributed by atoms with E-state index in [1.54, 1.807) is 22.8 Å². The minimum absolute atomic E-state index is 0.421. The van der Waals surface area contributed by atoms with E-state index in [1.807, 2.05) is 37.3 Å². The molecule has 166 valence electrons. The average Bonchev–Trinajstić information content (AvgIpc) is 2.84. The maximum Gasteiger partial charge on any atom is 0.243 e. The second-order valence-electron chi connectivity index (χ2n) is 8.46. The third-order valence-electron chi connectivity index (χ3n) is 6.30. The smallest absolute Gasteiger partial charge is 0.243 e. The van der Waals surface area contributed by atoms with E-state index in [1.165, 1.54) is 17.5 Å². The Morgan fingerprint density at radius 2 is 1.56 bits per heavy atom. The molecule has 7 nitrogen and oxygen atoms in total. The highest BCUT2D eigenvalue weighted by Crippen LogP contribution is 2.27. The first-order valence-corrected chi connectivity index (χ1v) is 12.6. The van der Waals surface area contributed by atoms with Crippen molar-refractivity contribution >= 4 is 15.8 Å². The number of benzene rings is 1. The average molecular weight is 450 g/mol. The summed E-state index contributed by atoms with van der Waals surface area (Å²) in [6.45, 7) is 4.01. The molecule has 1 aromatic carbocycles. The van der Waals surface area contributed by atoms with Gasteiger partial charge in [0.1, 0.15) is 5.82 Å². The van der Waals surface area contributed by atoms with Crippen molar-refractivity contribution in [2.45, 2.75) is 37.5 Å². The minimum atomic E-state index is -3.49. The van der Waals surface area contributed by atoms with Crippen LogP contribution in [0.5, 0.6) is 0 Å². The number of sulfonamides is 1. The number of piperazine rings is 1. The van der Waals surface area contributed by atoms with Crippen LogP contribution in [-0.2, 0) is 22.9 Å². The standard InChI is InChI=1S/C24H27N5O2S/c1-18-16-23(27-24(26-18)20-8-10-25-11-9-20)28-12-14-29(15-13-28)32(30,31)22-7-6-19-4-2-3-5-21(19)17-22/h6-11,16-17H,2-5,12-15H2,1H3. The third kappa shape index (κ3) is 4.12. The number of aryl methyl sites for hydroxylation is 3. The molecule has 32 heavy (non-hydrogen) atoms. The summed E-state index contributed by atoms with van der Waals surface area (Å²) in [5.41, 5.74) is 4.28. The number of hydrogen-bond donors (Lipinski definition) is 0. The minimum Gasteiger partial charge on any atom is -0.354 e. The first kappa shape index (κ1) is 21.0. The van der Waals surface area contributed by atoms with Gasteiger partial charge in [0.2, 0.25) is 10.0 Å². The van der Waals surface area contributed by atoms with Crippen LogP contribution in [0.15, 0.2) is 53.7 Å². The highest BCUT2D eigenvalue weighted by atomic mass is 32.2. The maximum absolute atomic E-state index is 13.3. The lowest BCUT2D eigenvalue weighted by atomic mass is 9.92. The molecular weight excluding hydrogens is 422 g/mol. The molecule has 2 aliphatic rings. The Morgan fingerprint density at radius 1 is 0.844 bits per heavy atom. The summed E-state index contributed by atoms with van der Waals surface area (Å²) in [6.07, 6.45) is 7.80. The number of aromatic nitrogens is 3. The van der Waals surface area contributed by atoms with Crippen molar-refractivity contribution in [3.05, 3.63) is 65.6 Å². The molecule has 0 N–H and O–H groups in total. The van der Waals surface area contributed by atoms with Crippen LogP contribution in [0.25, 0.3) is 11.4 Å². The van der Waals surface area contributed by atoms with Crippen molar-refractivity contribution in [3.8, 4) is 11.4 Å².